The summed E-state index contributed by atoms with van der Waals surface area (Å²) < 4.78 is 94.5. The van der Waals surface area contributed by atoms with Gasteiger partial charge < -0.3 is 34.5 Å². The number of carbonyl (C=O) groups excluding carboxylic acids is 4. The van der Waals surface area contributed by atoms with Crippen molar-refractivity contribution in [3.63, 3.8) is 0 Å². The molecule has 0 radical (unpaired) electrons. The van der Waals surface area contributed by atoms with Crippen LogP contribution in [0.15, 0.2) is 30.4 Å². The first-order chi connectivity index (χ1) is 27.1. The molecule has 2 aromatic rings. The molecular weight excluding hydrogens is 788 g/mol. The average Bonchev–Trinajstić information content (AvgIpc) is 4.03. The summed E-state index contributed by atoms with van der Waals surface area (Å²) in [6.07, 6.45) is 0.647. The van der Waals surface area contributed by atoms with Gasteiger partial charge in [-0.1, -0.05) is 25.0 Å². The van der Waals surface area contributed by atoms with Gasteiger partial charge in [-0.3, -0.25) is 19.1 Å². The predicted molar refractivity (Wildman–Crippen MR) is 201 cm³/mol. The summed E-state index contributed by atoms with van der Waals surface area (Å²) in [6, 6.07) is 1.57. The van der Waals surface area contributed by atoms with Crippen molar-refractivity contribution >= 4 is 44.7 Å². The van der Waals surface area contributed by atoms with Crippen LogP contribution in [0.25, 0.3) is 10.9 Å². The summed E-state index contributed by atoms with van der Waals surface area (Å²) >= 11 is 0. The topological polar surface area (TPSA) is 192 Å². The number of nitrogens with zero attached hydrogens (tertiary/aromatic N) is 2. The fourth-order valence-electron chi connectivity index (χ4n) is 7.82. The van der Waals surface area contributed by atoms with Crippen molar-refractivity contribution < 1.29 is 59.7 Å². The van der Waals surface area contributed by atoms with Crippen molar-refractivity contribution in [1.82, 2.24) is 25.2 Å². The van der Waals surface area contributed by atoms with Crippen molar-refractivity contribution in [2.45, 2.75) is 125 Å². The zero-order chi connectivity index (χ0) is 42.1. The van der Waals surface area contributed by atoms with Crippen LogP contribution in [0.3, 0.4) is 0 Å². The van der Waals surface area contributed by atoms with Gasteiger partial charge in [0.05, 0.1) is 23.9 Å². The van der Waals surface area contributed by atoms with E-state index in [1.54, 1.807) is 26.8 Å². The zero-order valence-corrected chi connectivity index (χ0v) is 33.7. The second-order valence-corrected chi connectivity index (χ2v) is 19.4. The van der Waals surface area contributed by atoms with Crippen molar-refractivity contribution in [2.24, 2.45) is 5.92 Å². The number of allylic oxidation sites excluding steroid dienone is 1. The summed E-state index contributed by atoms with van der Waals surface area (Å²) in [7, 11) is -2.72. The Morgan fingerprint density at radius 2 is 1.81 bits per heavy atom. The highest BCUT2D eigenvalue weighted by molar-refractivity contribution is 7.91. The van der Waals surface area contributed by atoms with E-state index in [2.05, 4.69) is 20.3 Å². The lowest BCUT2D eigenvalue weighted by atomic mass is 9.98. The Labute approximate surface area is 333 Å². The number of sulfonamides is 1. The molecular formula is C39H48F3N5O10S. The molecule has 316 valence electrons. The Balaban J connectivity index is 1.27. The van der Waals surface area contributed by atoms with Gasteiger partial charge in [-0.05, 0) is 84.4 Å². The molecule has 7 rings (SSSR count). The summed E-state index contributed by atoms with van der Waals surface area (Å²) in [5.41, 5.74) is -5.78. The van der Waals surface area contributed by atoms with E-state index in [0.29, 0.717) is 44.3 Å². The van der Waals surface area contributed by atoms with Crippen LogP contribution in [0.2, 0.25) is 0 Å². The predicted octanol–water partition coefficient (Wildman–Crippen LogP) is 4.66. The van der Waals surface area contributed by atoms with Gasteiger partial charge in [0.1, 0.15) is 35.6 Å². The molecule has 3 fully saturated rings. The number of methoxy groups -OCH3 is 1. The number of carbonyl (C=O) groups is 4. The highest BCUT2D eigenvalue weighted by atomic mass is 32.2. The number of halogens is 3. The van der Waals surface area contributed by atoms with Gasteiger partial charge in [0, 0.05) is 17.7 Å². The number of amides is 4. The zero-order valence-electron chi connectivity index (χ0n) is 32.9. The van der Waals surface area contributed by atoms with Crippen LogP contribution in [0, 0.1) is 5.92 Å². The highest BCUT2D eigenvalue weighted by Gasteiger charge is 2.64. The van der Waals surface area contributed by atoms with Crippen molar-refractivity contribution in [3.8, 4) is 17.2 Å². The highest BCUT2D eigenvalue weighted by Crippen LogP contribution is 2.51. The largest absolute Gasteiger partial charge is 0.497 e. The molecule has 0 unspecified atom stereocenters. The lowest BCUT2D eigenvalue weighted by Gasteiger charge is -2.36. The summed E-state index contributed by atoms with van der Waals surface area (Å²) in [6.45, 7) is 5.61. The second-order valence-electron chi connectivity index (χ2n) is 17.2. The van der Waals surface area contributed by atoms with Gasteiger partial charge in [-0.25, -0.2) is 18.2 Å². The first-order valence-electron chi connectivity index (χ1n) is 19.4. The van der Waals surface area contributed by atoms with Gasteiger partial charge in [-0.2, -0.15) is 13.2 Å². The van der Waals surface area contributed by atoms with Crippen molar-refractivity contribution in [1.29, 1.82) is 0 Å². The SMILES string of the molecule is COc1ccc2nc(C(F)(F)F)c3c(c2c1)OC[C@]1(C[C@H]2C(=O)N[C@]4(C(=O)NS(=O)(=O)C5(C)CC5)C[C@@H]4/C=C\CCCCC[C@H](NC(=O)OC(C)(C)C)C(=O)N2C1)O3. The fourth-order valence-corrected chi connectivity index (χ4v) is 9.13. The Morgan fingerprint density at radius 1 is 1.07 bits per heavy atom. The molecule has 3 N–H and O–H groups in total. The third-order valence-electron chi connectivity index (χ3n) is 11.5. The molecule has 4 heterocycles. The molecule has 2 saturated carbocycles. The lowest BCUT2D eigenvalue weighted by molar-refractivity contribution is -0.145. The first-order valence-corrected chi connectivity index (χ1v) is 20.8. The van der Waals surface area contributed by atoms with Crippen LogP contribution in [-0.4, -0.2) is 95.9 Å². The van der Waals surface area contributed by atoms with Crippen LogP contribution in [-0.2, 0) is 35.3 Å². The summed E-state index contributed by atoms with van der Waals surface area (Å²) in [5, 5.41) is 5.55. The Bertz CT molecular complexity index is 2170. The number of hydrogen-bond donors (Lipinski definition) is 3. The van der Waals surface area contributed by atoms with Gasteiger partial charge in [0.15, 0.2) is 22.8 Å². The molecule has 58 heavy (non-hydrogen) atoms. The average molecular weight is 836 g/mol. The summed E-state index contributed by atoms with van der Waals surface area (Å²) in [4.78, 5) is 61.2. The standard InChI is InChI=1S/C39H48F3N5O10S/c1-35(2,3)57-34(51)44-26-12-10-8-6-7-9-11-22-18-38(22,33(50)46-58(52,53)36(4)15-16-36)45-31(48)27-19-37(20-47(27)32(26)49)21-55-28-24-17-23(54-5)13-14-25(24)43-30(29(28)56-37)39(40,41)42/h9,11,13-14,17,22,26-27H,6-8,10,12,15-16,18-21H2,1-5H3,(H,44,51)(H,45,48)(H,46,50)/b11-9-/t22-,26-,27-,37+,38+/m0/s1. The number of fused-ring (bicyclic) bond motifs is 5. The second kappa shape index (κ2) is 14.5. The minimum Gasteiger partial charge on any atom is -0.497 e. The smallest absolute Gasteiger partial charge is 0.437 e. The molecule has 5 atom stereocenters. The van der Waals surface area contributed by atoms with E-state index in [0.717, 1.165) is 4.90 Å². The number of nitrogens with one attached hydrogen (secondary N) is 3. The number of alkyl carbamates (subject to hydrolysis) is 1. The monoisotopic (exact) mass is 835 g/mol. The quantitative estimate of drug-likeness (QED) is 0.355. The number of ether oxygens (including phenoxy) is 4. The molecule has 1 spiro atoms. The van der Waals surface area contributed by atoms with Crippen molar-refractivity contribution in [3.05, 3.63) is 36.0 Å². The maximum atomic E-state index is 14.7. The minimum atomic E-state index is -5.01. The van der Waals surface area contributed by atoms with Gasteiger partial charge in [-0.15, -0.1) is 0 Å². The van der Waals surface area contributed by atoms with E-state index in [1.165, 1.54) is 32.2 Å². The van der Waals surface area contributed by atoms with Gasteiger partial charge in [0.2, 0.25) is 21.8 Å². The number of alkyl halides is 3. The Morgan fingerprint density at radius 3 is 2.48 bits per heavy atom. The maximum absolute atomic E-state index is 14.7. The van der Waals surface area contributed by atoms with E-state index in [1.807, 2.05) is 6.08 Å². The molecule has 1 saturated heterocycles. The summed E-state index contributed by atoms with van der Waals surface area (Å²) in [5.74, 6) is -3.79. The molecule has 19 heteroatoms. The van der Waals surface area contributed by atoms with Crippen molar-refractivity contribution in [2.75, 3.05) is 20.3 Å². The van der Waals surface area contributed by atoms with E-state index in [9.17, 15) is 40.8 Å². The number of rotatable bonds is 5. The molecule has 5 aliphatic rings. The molecule has 1 aromatic carbocycles. The molecule has 3 aliphatic heterocycles. The van der Waals surface area contributed by atoms with E-state index < -0.39 is 111 Å². The first kappa shape index (κ1) is 41.4. The van der Waals surface area contributed by atoms with Crippen LogP contribution in [0.5, 0.6) is 17.2 Å². The van der Waals surface area contributed by atoms with Crippen LogP contribution in [0.1, 0.15) is 91.2 Å². The third-order valence-corrected chi connectivity index (χ3v) is 13.6. The van der Waals surface area contributed by atoms with E-state index in [4.69, 9.17) is 18.9 Å². The number of hydrogen-bond acceptors (Lipinski definition) is 11. The Kier molecular flexibility index (Phi) is 10.3. The van der Waals surface area contributed by atoms with Gasteiger partial charge in [0.25, 0.3) is 5.91 Å². The van der Waals surface area contributed by atoms with Crippen LogP contribution >= 0.6 is 0 Å². The number of benzene rings is 1. The Hall–Kier alpha value is -4.81. The molecule has 15 nitrogen and oxygen atoms in total. The number of aromatic nitrogens is 1. The lowest BCUT2D eigenvalue weighted by Crippen LogP contribution is -2.58. The number of pyridine rings is 1. The van der Waals surface area contributed by atoms with Gasteiger partial charge >= 0.3 is 12.3 Å². The third kappa shape index (κ3) is 7.97. The molecule has 2 aliphatic carbocycles. The normalized spacial score (nSPS) is 28.9. The van der Waals surface area contributed by atoms with Crippen LogP contribution in [0.4, 0.5) is 18.0 Å². The maximum Gasteiger partial charge on any atom is 0.437 e. The minimum absolute atomic E-state index is 0.0366. The van der Waals surface area contributed by atoms with E-state index in [-0.39, 0.29) is 29.5 Å². The fraction of sp³-hybridized carbons (Fsp3) is 0.615. The van der Waals surface area contributed by atoms with Crippen LogP contribution < -0.4 is 29.6 Å². The molecule has 1 aromatic heterocycles. The molecule has 0 bridgehead atoms. The van der Waals surface area contributed by atoms with E-state index >= 15 is 0 Å². The molecule has 4 amide bonds.